The van der Waals surface area contributed by atoms with E-state index in [4.69, 9.17) is 9.47 Å². The lowest BCUT2D eigenvalue weighted by molar-refractivity contribution is 0.103. The Balaban J connectivity index is 2.37. The van der Waals surface area contributed by atoms with Gasteiger partial charge in [0.15, 0.2) is 17.3 Å². The summed E-state index contributed by atoms with van der Waals surface area (Å²) in [4.78, 5) is 12.6. The fourth-order valence-electron chi connectivity index (χ4n) is 1.84. The van der Waals surface area contributed by atoms with Crippen LogP contribution in [0.3, 0.4) is 0 Å². The van der Waals surface area contributed by atoms with E-state index in [1.165, 1.54) is 11.3 Å². The Hall–Kier alpha value is -0.850. The fourth-order valence-corrected chi connectivity index (χ4v) is 4.64. The third-order valence-corrected chi connectivity index (χ3v) is 5.05. The first-order chi connectivity index (χ1) is 10.1. The van der Waals surface area contributed by atoms with Gasteiger partial charge in [-0.1, -0.05) is 0 Å². The van der Waals surface area contributed by atoms with Crippen LogP contribution in [0.15, 0.2) is 31.8 Å². The molecule has 112 valence electrons. The average Bonchev–Trinajstić information content (AvgIpc) is 2.79. The zero-order valence-corrected chi connectivity index (χ0v) is 15.6. The topological polar surface area (TPSA) is 35.5 Å². The van der Waals surface area contributed by atoms with Crippen LogP contribution >= 0.6 is 43.2 Å². The predicted molar refractivity (Wildman–Crippen MR) is 91.9 cm³/mol. The zero-order chi connectivity index (χ0) is 15.4. The molecule has 0 aliphatic rings. The molecule has 1 aromatic heterocycles. The number of benzene rings is 1. The molecule has 1 aromatic carbocycles. The maximum absolute atomic E-state index is 12.6. The van der Waals surface area contributed by atoms with Gasteiger partial charge >= 0.3 is 0 Å². The molecule has 0 N–H and O–H groups in total. The lowest BCUT2D eigenvalue weighted by Crippen LogP contribution is -2.04. The van der Waals surface area contributed by atoms with Gasteiger partial charge in [-0.15, -0.1) is 11.3 Å². The van der Waals surface area contributed by atoms with E-state index in [0.29, 0.717) is 35.8 Å². The lowest BCUT2D eigenvalue weighted by Gasteiger charge is -2.12. The van der Waals surface area contributed by atoms with Crippen LogP contribution in [0.2, 0.25) is 0 Å². The molecule has 0 saturated heterocycles. The van der Waals surface area contributed by atoms with Crippen LogP contribution in [0.4, 0.5) is 0 Å². The Labute approximate surface area is 144 Å². The molecule has 6 heteroatoms. The minimum atomic E-state index is -0.0483. The first-order valence-electron chi connectivity index (χ1n) is 6.46. The van der Waals surface area contributed by atoms with Gasteiger partial charge in [-0.25, -0.2) is 0 Å². The van der Waals surface area contributed by atoms with Gasteiger partial charge in [-0.05, 0) is 70.0 Å². The number of hydrogen-bond acceptors (Lipinski definition) is 4. The van der Waals surface area contributed by atoms with Gasteiger partial charge in [0.2, 0.25) is 0 Å². The van der Waals surface area contributed by atoms with E-state index in [1.807, 2.05) is 19.9 Å². The molecule has 0 atom stereocenters. The van der Waals surface area contributed by atoms with Crippen LogP contribution in [-0.4, -0.2) is 19.0 Å². The summed E-state index contributed by atoms with van der Waals surface area (Å²) >= 11 is 8.28. The van der Waals surface area contributed by atoms with Crippen molar-refractivity contribution in [3.8, 4) is 11.5 Å². The first-order valence-corrected chi connectivity index (χ1v) is 8.86. The molecule has 2 aromatic rings. The Morgan fingerprint density at radius 2 is 1.76 bits per heavy atom. The predicted octanol–water partition coefficient (Wildman–Crippen LogP) is 5.30. The molecular formula is C15H14Br2O3S. The quantitative estimate of drug-likeness (QED) is 0.579. The summed E-state index contributed by atoms with van der Waals surface area (Å²) in [6.45, 7) is 4.88. The number of carbonyl (C=O) groups is 1. The van der Waals surface area contributed by atoms with Gasteiger partial charge in [0.25, 0.3) is 0 Å². The second-order valence-corrected chi connectivity index (χ2v) is 7.84. The number of ether oxygens (including phenoxy) is 2. The van der Waals surface area contributed by atoms with Gasteiger partial charge in [0, 0.05) is 11.1 Å². The molecule has 0 spiro atoms. The highest BCUT2D eigenvalue weighted by molar-refractivity contribution is 9.12. The summed E-state index contributed by atoms with van der Waals surface area (Å²) in [6.07, 6.45) is 0. The van der Waals surface area contributed by atoms with Crippen molar-refractivity contribution in [1.82, 2.24) is 0 Å². The van der Waals surface area contributed by atoms with Crippen molar-refractivity contribution < 1.29 is 14.3 Å². The minimum absolute atomic E-state index is 0.0483. The van der Waals surface area contributed by atoms with Gasteiger partial charge in [-0.3, -0.25) is 4.79 Å². The lowest BCUT2D eigenvalue weighted by atomic mass is 10.1. The molecule has 0 radical (unpaired) electrons. The SMILES string of the molecule is CCOc1ccc(C(=O)c2cc(Br)sc2Br)cc1OCC. The minimum Gasteiger partial charge on any atom is -0.490 e. The highest BCUT2D eigenvalue weighted by atomic mass is 79.9. The molecule has 0 aliphatic heterocycles. The number of halogens is 2. The van der Waals surface area contributed by atoms with Gasteiger partial charge in [-0.2, -0.15) is 0 Å². The molecule has 1 heterocycles. The fraction of sp³-hybridized carbons (Fsp3) is 0.267. The normalized spacial score (nSPS) is 10.5. The largest absolute Gasteiger partial charge is 0.490 e. The monoisotopic (exact) mass is 432 g/mol. The Kier molecular flexibility index (Phi) is 5.84. The highest BCUT2D eigenvalue weighted by Crippen LogP contribution is 2.35. The van der Waals surface area contributed by atoms with Crippen LogP contribution in [0.25, 0.3) is 0 Å². The van der Waals surface area contributed by atoms with Crippen molar-refractivity contribution in [2.45, 2.75) is 13.8 Å². The smallest absolute Gasteiger partial charge is 0.195 e. The Bertz CT molecular complexity index is 652. The summed E-state index contributed by atoms with van der Waals surface area (Å²) in [6, 6.07) is 7.08. The molecule has 2 rings (SSSR count). The van der Waals surface area contributed by atoms with E-state index in [-0.39, 0.29) is 5.78 Å². The van der Waals surface area contributed by atoms with E-state index in [0.717, 1.165) is 7.57 Å². The second-order valence-electron chi connectivity index (χ2n) is 4.09. The van der Waals surface area contributed by atoms with Crippen molar-refractivity contribution in [3.05, 3.63) is 43.0 Å². The van der Waals surface area contributed by atoms with E-state index < -0.39 is 0 Å². The number of carbonyl (C=O) groups excluding carboxylic acids is 1. The van der Waals surface area contributed by atoms with Gasteiger partial charge in [0.05, 0.1) is 20.8 Å². The molecule has 0 unspecified atom stereocenters. The molecule has 3 nitrogen and oxygen atoms in total. The van der Waals surface area contributed by atoms with E-state index in [1.54, 1.807) is 18.2 Å². The van der Waals surface area contributed by atoms with Crippen molar-refractivity contribution >= 4 is 49.0 Å². The third kappa shape index (κ3) is 3.87. The number of thiophene rings is 1. The van der Waals surface area contributed by atoms with Crippen LogP contribution < -0.4 is 9.47 Å². The molecule has 21 heavy (non-hydrogen) atoms. The van der Waals surface area contributed by atoms with Crippen molar-refractivity contribution in [1.29, 1.82) is 0 Å². The summed E-state index contributed by atoms with van der Waals surface area (Å²) in [5.74, 6) is 1.20. The molecular weight excluding hydrogens is 420 g/mol. The molecule has 0 amide bonds. The van der Waals surface area contributed by atoms with Crippen molar-refractivity contribution in [3.63, 3.8) is 0 Å². The summed E-state index contributed by atoms with van der Waals surface area (Å²) in [5.41, 5.74) is 1.21. The van der Waals surface area contributed by atoms with Crippen LogP contribution in [-0.2, 0) is 0 Å². The summed E-state index contributed by atoms with van der Waals surface area (Å²) in [5, 5.41) is 0. The molecule has 0 aliphatic carbocycles. The zero-order valence-electron chi connectivity index (χ0n) is 11.6. The summed E-state index contributed by atoms with van der Waals surface area (Å²) < 4.78 is 12.8. The number of ketones is 1. The van der Waals surface area contributed by atoms with Crippen molar-refractivity contribution in [2.75, 3.05) is 13.2 Å². The van der Waals surface area contributed by atoms with E-state index in [2.05, 4.69) is 31.9 Å². The third-order valence-electron chi connectivity index (χ3n) is 2.71. The van der Waals surface area contributed by atoms with Crippen molar-refractivity contribution in [2.24, 2.45) is 0 Å². The van der Waals surface area contributed by atoms with E-state index >= 15 is 0 Å². The Morgan fingerprint density at radius 1 is 1.10 bits per heavy atom. The first kappa shape index (κ1) is 16.5. The van der Waals surface area contributed by atoms with Crippen LogP contribution in [0, 0.1) is 0 Å². The average molecular weight is 434 g/mol. The second kappa shape index (κ2) is 7.42. The van der Waals surface area contributed by atoms with Crippen LogP contribution in [0.5, 0.6) is 11.5 Å². The Morgan fingerprint density at radius 3 is 2.33 bits per heavy atom. The number of hydrogen-bond donors (Lipinski definition) is 0. The maximum Gasteiger partial charge on any atom is 0.195 e. The highest BCUT2D eigenvalue weighted by Gasteiger charge is 2.17. The van der Waals surface area contributed by atoms with Gasteiger partial charge < -0.3 is 9.47 Å². The number of rotatable bonds is 6. The summed E-state index contributed by atoms with van der Waals surface area (Å²) in [7, 11) is 0. The van der Waals surface area contributed by atoms with Crippen LogP contribution in [0.1, 0.15) is 29.8 Å². The molecule has 0 fully saturated rings. The molecule has 0 saturated carbocycles. The van der Waals surface area contributed by atoms with Gasteiger partial charge in [0.1, 0.15) is 0 Å². The maximum atomic E-state index is 12.6. The standard InChI is InChI=1S/C15H14Br2O3S/c1-3-19-11-6-5-9(7-12(11)20-4-2)14(18)10-8-13(16)21-15(10)17/h5-8H,3-4H2,1-2H3. The molecule has 0 bridgehead atoms. The van der Waals surface area contributed by atoms with E-state index in [9.17, 15) is 4.79 Å².